The van der Waals surface area contributed by atoms with Crippen LogP contribution in [0.4, 0.5) is 5.69 Å². The molecule has 7 nitrogen and oxygen atoms in total. The standard InChI is InChI=1S/C19H24N4O3S2/c1-3-27-18-8-7-16(14-20-18)21-19(24)15-5-4-6-17(13-15)28(25,26)23-11-9-22(2)10-12-23/h4-8,13-14H,3,9-12H2,1-2H3,(H,21,24). The molecule has 150 valence electrons. The SMILES string of the molecule is CCSc1ccc(NC(=O)c2cccc(S(=O)(=O)N3CCN(C)CC3)c2)cn1. The number of benzene rings is 1. The van der Waals surface area contributed by atoms with Crippen molar-refractivity contribution in [3.63, 3.8) is 0 Å². The molecule has 0 bridgehead atoms. The zero-order chi connectivity index (χ0) is 20.1. The van der Waals surface area contributed by atoms with E-state index in [0.717, 1.165) is 10.8 Å². The lowest BCUT2D eigenvalue weighted by Gasteiger charge is -2.31. The van der Waals surface area contributed by atoms with Gasteiger partial charge >= 0.3 is 0 Å². The minimum absolute atomic E-state index is 0.137. The van der Waals surface area contributed by atoms with Gasteiger partial charge < -0.3 is 10.2 Å². The number of aromatic nitrogens is 1. The highest BCUT2D eigenvalue weighted by Gasteiger charge is 2.27. The maximum Gasteiger partial charge on any atom is 0.255 e. The maximum absolute atomic E-state index is 12.9. The zero-order valence-electron chi connectivity index (χ0n) is 16.0. The Hall–Kier alpha value is -1.94. The van der Waals surface area contributed by atoms with Crippen LogP contribution < -0.4 is 5.32 Å². The number of nitrogens with zero attached hydrogens (tertiary/aromatic N) is 3. The van der Waals surface area contributed by atoms with Crippen LogP contribution in [0.15, 0.2) is 52.5 Å². The lowest BCUT2D eigenvalue weighted by molar-refractivity contribution is 0.102. The van der Waals surface area contributed by atoms with E-state index in [4.69, 9.17) is 0 Å². The van der Waals surface area contributed by atoms with Crippen molar-refractivity contribution in [2.24, 2.45) is 0 Å². The fourth-order valence-electron chi connectivity index (χ4n) is 2.87. The highest BCUT2D eigenvalue weighted by molar-refractivity contribution is 7.99. The summed E-state index contributed by atoms with van der Waals surface area (Å²) in [5.74, 6) is 0.556. The molecule has 28 heavy (non-hydrogen) atoms. The molecule has 3 rings (SSSR count). The van der Waals surface area contributed by atoms with Crippen molar-refractivity contribution < 1.29 is 13.2 Å². The summed E-state index contributed by atoms with van der Waals surface area (Å²) in [6.45, 7) is 4.33. The van der Waals surface area contributed by atoms with Crippen LogP contribution in [0.1, 0.15) is 17.3 Å². The van der Waals surface area contributed by atoms with Crippen molar-refractivity contribution in [2.45, 2.75) is 16.8 Å². The summed E-state index contributed by atoms with van der Waals surface area (Å²) in [7, 11) is -1.65. The Morgan fingerprint density at radius 3 is 2.57 bits per heavy atom. The molecule has 9 heteroatoms. The summed E-state index contributed by atoms with van der Waals surface area (Å²) in [6, 6.07) is 9.79. The molecule has 2 heterocycles. The van der Waals surface area contributed by atoms with Gasteiger partial charge in [-0.3, -0.25) is 4.79 Å². The van der Waals surface area contributed by atoms with Gasteiger partial charge in [-0.05, 0) is 43.1 Å². The van der Waals surface area contributed by atoms with Crippen LogP contribution >= 0.6 is 11.8 Å². The van der Waals surface area contributed by atoms with Gasteiger partial charge in [0.1, 0.15) is 0 Å². The Morgan fingerprint density at radius 2 is 1.93 bits per heavy atom. The molecule has 1 amide bonds. The first-order valence-corrected chi connectivity index (χ1v) is 11.5. The molecular weight excluding hydrogens is 396 g/mol. The second kappa shape index (κ2) is 9.04. The Bertz CT molecular complexity index is 924. The van der Waals surface area contributed by atoms with E-state index in [1.165, 1.54) is 16.4 Å². The molecule has 0 aliphatic carbocycles. The van der Waals surface area contributed by atoms with Gasteiger partial charge in [0, 0.05) is 31.7 Å². The molecule has 1 aliphatic rings. The number of anilines is 1. The predicted molar refractivity (Wildman–Crippen MR) is 111 cm³/mol. The molecule has 0 radical (unpaired) electrons. The van der Waals surface area contributed by atoms with E-state index in [1.54, 1.807) is 36.2 Å². The summed E-state index contributed by atoms with van der Waals surface area (Å²) < 4.78 is 27.2. The lowest BCUT2D eigenvalue weighted by atomic mass is 10.2. The molecule has 1 aromatic carbocycles. The minimum Gasteiger partial charge on any atom is -0.321 e. The number of piperazine rings is 1. The number of carbonyl (C=O) groups is 1. The average molecular weight is 421 g/mol. The smallest absolute Gasteiger partial charge is 0.255 e. The fourth-order valence-corrected chi connectivity index (χ4v) is 4.92. The van der Waals surface area contributed by atoms with E-state index in [1.807, 2.05) is 20.0 Å². The third kappa shape index (κ3) is 4.91. The normalized spacial score (nSPS) is 16.1. The zero-order valence-corrected chi connectivity index (χ0v) is 17.6. The number of hydrogen-bond acceptors (Lipinski definition) is 6. The van der Waals surface area contributed by atoms with Gasteiger partial charge in [0.25, 0.3) is 5.91 Å². The van der Waals surface area contributed by atoms with Crippen molar-refractivity contribution in [3.8, 4) is 0 Å². The van der Waals surface area contributed by atoms with E-state index < -0.39 is 10.0 Å². The number of amides is 1. The largest absolute Gasteiger partial charge is 0.321 e. The van der Waals surface area contributed by atoms with Crippen LogP contribution in [-0.4, -0.2) is 67.5 Å². The second-order valence-electron chi connectivity index (χ2n) is 6.51. The Morgan fingerprint density at radius 1 is 1.18 bits per heavy atom. The summed E-state index contributed by atoms with van der Waals surface area (Å²) in [5.41, 5.74) is 0.861. The Labute approximate surface area is 170 Å². The minimum atomic E-state index is -3.61. The first-order chi connectivity index (χ1) is 13.4. The number of hydrogen-bond donors (Lipinski definition) is 1. The van der Waals surface area contributed by atoms with Gasteiger partial charge in [-0.25, -0.2) is 13.4 Å². The number of sulfonamides is 1. The monoisotopic (exact) mass is 420 g/mol. The van der Waals surface area contributed by atoms with Gasteiger partial charge in [0.2, 0.25) is 10.0 Å². The quantitative estimate of drug-likeness (QED) is 0.723. The Balaban J connectivity index is 1.74. The lowest BCUT2D eigenvalue weighted by Crippen LogP contribution is -2.47. The van der Waals surface area contributed by atoms with E-state index in [2.05, 4.69) is 15.2 Å². The number of pyridine rings is 1. The van der Waals surface area contributed by atoms with Gasteiger partial charge in [-0.2, -0.15) is 4.31 Å². The third-order valence-corrected chi connectivity index (χ3v) is 7.20. The predicted octanol–water partition coefficient (Wildman–Crippen LogP) is 2.38. The molecule has 0 unspecified atom stereocenters. The van der Waals surface area contributed by atoms with Gasteiger partial charge in [0.15, 0.2) is 0 Å². The van der Waals surface area contributed by atoms with Crippen molar-refractivity contribution >= 4 is 33.4 Å². The summed E-state index contributed by atoms with van der Waals surface area (Å²) in [6.07, 6.45) is 1.60. The molecule has 1 N–H and O–H groups in total. The molecule has 0 atom stereocenters. The number of thioether (sulfide) groups is 1. The third-order valence-electron chi connectivity index (χ3n) is 4.48. The van der Waals surface area contributed by atoms with Crippen LogP contribution in [0.2, 0.25) is 0 Å². The van der Waals surface area contributed by atoms with Gasteiger partial charge in [-0.15, -0.1) is 11.8 Å². The van der Waals surface area contributed by atoms with Crippen LogP contribution in [0.25, 0.3) is 0 Å². The first-order valence-electron chi connectivity index (χ1n) is 9.09. The molecule has 0 spiro atoms. The van der Waals surface area contributed by atoms with Gasteiger partial charge in [0.05, 0.1) is 21.8 Å². The van der Waals surface area contributed by atoms with E-state index in [0.29, 0.717) is 37.4 Å². The second-order valence-corrected chi connectivity index (χ2v) is 9.73. The van der Waals surface area contributed by atoms with E-state index in [9.17, 15) is 13.2 Å². The maximum atomic E-state index is 12.9. The first kappa shape index (κ1) is 20.8. The fraction of sp³-hybridized carbons (Fsp3) is 0.368. The summed E-state index contributed by atoms with van der Waals surface area (Å²) in [5, 5.41) is 3.66. The molecule has 1 saturated heterocycles. The number of rotatable bonds is 6. The molecule has 0 saturated carbocycles. The van der Waals surface area contributed by atoms with Crippen molar-refractivity contribution in [2.75, 3.05) is 44.3 Å². The molecule has 1 aliphatic heterocycles. The Kier molecular flexibility index (Phi) is 6.71. The molecular formula is C19H24N4O3S2. The highest BCUT2D eigenvalue weighted by Crippen LogP contribution is 2.20. The van der Waals surface area contributed by atoms with Crippen LogP contribution in [-0.2, 0) is 10.0 Å². The highest BCUT2D eigenvalue weighted by atomic mass is 32.2. The molecule has 1 fully saturated rings. The van der Waals surface area contributed by atoms with Crippen LogP contribution in [0.5, 0.6) is 0 Å². The number of carbonyl (C=O) groups excluding carboxylic acids is 1. The van der Waals surface area contributed by atoms with Crippen LogP contribution in [0, 0.1) is 0 Å². The van der Waals surface area contributed by atoms with Crippen molar-refractivity contribution in [3.05, 3.63) is 48.2 Å². The molecule has 1 aromatic heterocycles. The van der Waals surface area contributed by atoms with E-state index in [-0.39, 0.29) is 10.8 Å². The number of likely N-dealkylation sites (N-methyl/N-ethyl adjacent to an activating group) is 1. The molecule has 2 aromatic rings. The summed E-state index contributed by atoms with van der Waals surface area (Å²) >= 11 is 1.62. The summed E-state index contributed by atoms with van der Waals surface area (Å²) in [4.78, 5) is 19.1. The van der Waals surface area contributed by atoms with E-state index >= 15 is 0 Å². The topological polar surface area (TPSA) is 82.6 Å². The average Bonchev–Trinajstić information content (AvgIpc) is 2.70. The van der Waals surface area contributed by atoms with Crippen molar-refractivity contribution in [1.82, 2.24) is 14.2 Å². The van der Waals surface area contributed by atoms with Gasteiger partial charge in [-0.1, -0.05) is 13.0 Å². The number of nitrogens with one attached hydrogen (secondary N) is 1. The van der Waals surface area contributed by atoms with Crippen LogP contribution in [0.3, 0.4) is 0 Å². The van der Waals surface area contributed by atoms with Crippen molar-refractivity contribution in [1.29, 1.82) is 0 Å².